The van der Waals surface area contributed by atoms with Crippen molar-refractivity contribution in [2.75, 3.05) is 28.3 Å². The molecule has 1 N–H and O–H groups in total. The van der Waals surface area contributed by atoms with Crippen molar-refractivity contribution in [1.29, 1.82) is 0 Å². The minimum absolute atomic E-state index is 0.0642. The molecule has 3 rings (SSSR count). The van der Waals surface area contributed by atoms with E-state index in [-0.39, 0.29) is 29.9 Å². The van der Waals surface area contributed by atoms with Crippen LogP contribution in [-0.2, 0) is 14.6 Å². The van der Waals surface area contributed by atoms with Crippen LogP contribution >= 0.6 is 0 Å². The Morgan fingerprint density at radius 2 is 2.06 bits per heavy atom. The van der Waals surface area contributed by atoms with Crippen LogP contribution in [0.1, 0.15) is 6.42 Å². The van der Waals surface area contributed by atoms with Crippen molar-refractivity contribution in [2.24, 2.45) is 0 Å². The highest BCUT2D eigenvalue weighted by molar-refractivity contribution is 7.91. The van der Waals surface area contributed by atoms with Crippen LogP contribution in [0.4, 0.5) is 11.4 Å². The number of hydrogen-bond donors (Lipinski definition) is 1. The third kappa shape index (κ3) is 1.96. The Kier molecular flexibility index (Phi) is 2.55. The first-order chi connectivity index (χ1) is 8.55. The van der Waals surface area contributed by atoms with E-state index in [1.54, 1.807) is 0 Å². The number of carbonyl (C=O) groups is 1. The van der Waals surface area contributed by atoms with E-state index in [9.17, 15) is 13.2 Å². The summed E-state index contributed by atoms with van der Waals surface area (Å²) in [6.45, 7) is 0.457. The Morgan fingerprint density at radius 1 is 1.28 bits per heavy atom. The molecule has 6 heteroatoms. The fraction of sp³-hybridized carbons (Fsp3) is 0.417. The van der Waals surface area contributed by atoms with Gasteiger partial charge in [-0.05, 0) is 12.1 Å². The van der Waals surface area contributed by atoms with Crippen molar-refractivity contribution in [1.82, 2.24) is 0 Å². The predicted octanol–water partition coefficient (Wildman–Crippen LogP) is 0.632. The highest BCUT2D eigenvalue weighted by Crippen LogP contribution is 2.33. The van der Waals surface area contributed by atoms with E-state index in [2.05, 4.69) is 5.32 Å². The number of nitrogens with one attached hydrogen (secondary N) is 1. The van der Waals surface area contributed by atoms with Crippen molar-refractivity contribution in [2.45, 2.75) is 12.5 Å². The SMILES string of the molecule is O=C1CC2CS(=O)(=O)CCN2c2ccccc2N1. The van der Waals surface area contributed by atoms with Gasteiger partial charge in [-0.1, -0.05) is 12.1 Å². The third-order valence-electron chi connectivity index (χ3n) is 3.44. The van der Waals surface area contributed by atoms with E-state index < -0.39 is 9.84 Å². The molecule has 0 saturated carbocycles. The summed E-state index contributed by atoms with van der Waals surface area (Å²) < 4.78 is 23.4. The van der Waals surface area contributed by atoms with Gasteiger partial charge in [-0.25, -0.2) is 8.42 Å². The molecule has 1 aromatic carbocycles. The zero-order valence-corrected chi connectivity index (χ0v) is 10.6. The summed E-state index contributed by atoms with van der Waals surface area (Å²) in [7, 11) is -3.02. The molecule has 5 nitrogen and oxygen atoms in total. The molecule has 2 aliphatic heterocycles. The number of nitrogens with zero attached hydrogens (tertiary/aromatic N) is 1. The lowest BCUT2D eigenvalue weighted by Crippen LogP contribution is -2.48. The molecule has 1 amide bonds. The van der Waals surface area contributed by atoms with Crippen molar-refractivity contribution >= 4 is 27.1 Å². The van der Waals surface area contributed by atoms with Crippen molar-refractivity contribution < 1.29 is 13.2 Å². The second kappa shape index (κ2) is 3.98. The standard InChI is InChI=1S/C12H14N2O3S/c15-12-7-9-8-18(16,17)6-5-14(9)11-4-2-1-3-10(11)13-12/h1-4,9H,5-8H2,(H,13,15). The van der Waals surface area contributed by atoms with Crippen molar-refractivity contribution in [3.63, 3.8) is 0 Å². The van der Waals surface area contributed by atoms with Crippen LogP contribution in [0.25, 0.3) is 0 Å². The largest absolute Gasteiger partial charge is 0.364 e. The van der Waals surface area contributed by atoms with Crippen LogP contribution < -0.4 is 10.2 Å². The minimum Gasteiger partial charge on any atom is -0.364 e. The zero-order valence-electron chi connectivity index (χ0n) is 9.80. The molecule has 0 aromatic heterocycles. The minimum atomic E-state index is -3.02. The average molecular weight is 266 g/mol. The molecule has 1 aromatic rings. The maximum absolute atomic E-state index is 11.8. The van der Waals surface area contributed by atoms with E-state index in [0.29, 0.717) is 6.54 Å². The van der Waals surface area contributed by atoms with E-state index in [1.165, 1.54) is 0 Å². The molecule has 18 heavy (non-hydrogen) atoms. The number of fused-ring (bicyclic) bond motifs is 3. The first-order valence-electron chi connectivity index (χ1n) is 5.91. The van der Waals surface area contributed by atoms with E-state index in [4.69, 9.17) is 0 Å². The average Bonchev–Trinajstić information content (AvgIpc) is 2.42. The number of carbonyl (C=O) groups excluding carboxylic acids is 1. The van der Waals surface area contributed by atoms with Crippen LogP contribution in [0.5, 0.6) is 0 Å². The van der Waals surface area contributed by atoms with E-state index >= 15 is 0 Å². The van der Waals surface area contributed by atoms with Crippen LogP contribution in [0.2, 0.25) is 0 Å². The highest BCUT2D eigenvalue weighted by atomic mass is 32.2. The number of hydrogen-bond acceptors (Lipinski definition) is 4. The molecule has 0 aliphatic carbocycles. The molecular weight excluding hydrogens is 252 g/mol. The van der Waals surface area contributed by atoms with Gasteiger partial charge in [-0.2, -0.15) is 0 Å². The molecule has 1 atom stereocenters. The van der Waals surface area contributed by atoms with E-state index in [0.717, 1.165) is 11.4 Å². The summed E-state index contributed by atoms with van der Waals surface area (Å²) in [6, 6.07) is 7.29. The topological polar surface area (TPSA) is 66.5 Å². The summed E-state index contributed by atoms with van der Waals surface area (Å²) >= 11 is 0. The van der Waals surface area contributed by atoms with Gasteiger partial charge in [-0.3, -0.25) is 4.79 Å². The van der Waals surface area contributed by atoms with Gasteiger partial charge in [0.1, 0.15) is 0 Å². The second-order valence-corrected chi connectivity index (χ2v) is 6.96. The summed E-state index contributed by atoms with van der Waals surface area (Å²) in [5.74, 6) is 0.105. The van der Waals surface area contributed by atoms with Gasteiger partial charge in [0.2, 0.25) is 5.91 Å². The lowest BCUT2D eigenvalue weighted by Gasteiger charge is -2.35. The van der Waals surface area contributed by atoms with Crippen molar-refractivity contribution in [3.05, 3.63) is 24.3 Å². The van der Waals surface area contributed by atoms with Gasteiger partial charge in [0.05, 0.1) is 28.9 Å². The molecule has 0 spiro atoms. The van der Waals surface area contributed by atoms with E-state index in [1.807, 2.05) is 29.2 Å². The fourth-order valence-electron chi connectivity index (χ4n) is 2.62. The highest BCUT2D eigenvalue weighted by Gasteiger charge is 2.35. The van der Waals surface area contributed by atoms with Crippen LogP contribution in [0, 0.1) is 0 Å². The Balaban J connectivity index is 2.05. The normalized spacial score (nSPS) is 25.7. The Hall–Kier alpha value is -1.56. The van der Waals surface area contributed by atoms with Crippen LogP contribution in [0.15, 0.2) is 24.3 Å². The Morgan fingerprint density at radius 3 is 2.89 bits per heavy atom. The summed E-state index contributed by atoms with van der Waals surface area (Å²) in [6.07, 6.45) is 0.230. The molecule has 0 bridgehead atoms. The molecule has 0 radical (unpaired) electrons. The maximum Gasteiger partial charge on any atom is 0.226 e. The number of benzene rings is 1. The lowest BCUT2D eigenvalue weighted by molar-refractivity contribution is -0.116. The molecule has 1 unspecified atom stereocenters. The molecule has 96 valence electrons. The molecule has 2 heterocycles. The Bertz CT molecular complexity index is 597. The lowest BCUT2D eigenvalue weighted by atomic mass is 10.1. The number of anilines is 2. The number of para-hydroxylation sites is 2. The molecular formula is C12H14N2O3S. The fourth-order valence-corrected chi connectivity index (χ4v) is 4.14. The van der Waals surface area contributed by atoms with Gasteiger partial charge in [-0.15, -0.1) is 0 Å². The summed E-state index contributed by atoms with van der Waals surface area (Å²) in [5.41, 5.74) is 1.69. The number of amides is 1. The predicted molar refractivity (Wildman–Crippen MR) is 69.5 cm³/mol. The number of sulfone groups is 1. The zero-order chi connectivity index (χ0) is 12.8. The van der Waals surface area contributed by atoms with Crippen LogP contribution in [-0.4, -0.2) is 38.4 Å². The molecule has 2 aliphatic rings. The molecule has 1 fully saturated rings. The van der Waals surface area contributed by atoms with Gasteiger partial charge in [0.25, 0.3) is 0 Å². The summed E-state index contributed by atoms with van der Waals surface area (Å²) in [4.78, 5) is 13.8. The first-order valence-corrected chi connectivity index (χ1v) is 7.73. The van der Waals surface area contributed by atoms with Crippen LogP contribution in [0.3, 0.4) is 0 Å². The van der Waals surface area contributed by atoms with Gasteiger partial charge < -0.3 is 10.2 Å². The smallest absolute Gasteiger partial charge is 0.226 e. The third-order valence-corrected chi connectivity index (χ3v) is 5.14. The van der Waals surface area contributed by atoms with Crippen molar-refractivity contribution in [3.8, 4) is 0 Å². The van der Waals surface area contributed by atoms with Gasteiger partial charge >= 0.3 is 0 Å². The van der Waals surface area contributed by atoms with Gasteiger partial charge in [0.15, 0.2) is 9.84 Å². The maximum atomic E-state index is 11.8. The second-order valence-electron chi connectivity index (χ2n) is 4.73. The summed E-state index contributed by atoms with van der Waals surface area (Å²) in [5, 5.41) is 2.83. The quantitative estimate of drug-likeness (QED) is 0.748. The number of rotatable bonds is 0. The first kappa shape index (κ1) is 11.5. The molecule has 1 saturated heterocycles. The van der Waals surface area contributed by atoms with Gasteiger partial charge in [0, 0.05) is 13.0 Å². The Labute approximate surface area is 106 Å². The monoisotopic (exact) mass is 266 g/mol.